The number of benzene rings is 2. The summed E-state index contributed by atoms with van der Waals surface area (Å²) < 4.78 is 50.3. The summed E-state index contributed by atoms with van der Waals surface area (Å²) in [6, 6.07) is 9.87. The van der Waals surface area contributed by atoms with Crippen LogP contribution >= 0.6 is 0 Å². The number of rotatable bonds is 8. The van der Waals surface area contributed by atoms with Crippen molar-refractivity contribution in [1.29, 1.82) is 5.26 Å². The van der Waals surface area contributed by atoms with E-state index in [4.69, 9.17) is 4.74 Å². The zero-order valence-electron chi connectivity index (χ0n) is 23.2. The van der Waals surface area contributed by atoms with Crippen LogP contribution in [0.25, 0.3) is 10.9 Å². The van der Waals surface area contributed by atoms with Crippen molar-refractivity contribution < 1.29 is 22.7 Å². The van der Waals surface area contributed by atoms with E-state index in [1.807, 2.05) is 29.8 Å². The van der Waals surface area contributed by atoms with Crippen molar-refractivity contribution in [3.05, 3.63) is 77.2 Å². The van der Waals surface area contributed by atoms with E-state index in [2.05, 4.69) is 26.0 Å². The number of ether oxygens (including phenoxy) is 1. The van der Waals surface area contributed by atoms with Crippen LogP contribution < -0.4 is 16.0 Å². The zero-order valence-corrected chi connectivity index (χ0v) is 23.2. The summed E-state index contributed by atoms with van der Waals surface area (Å²) in [5.74, 6) is -3.26. The second kappa shape index (κ2) is 11.8. The van der Waals surface area contributed by atoms with Gasteiger partial charge in [-0.1, -0.05) is 12.1 Å². The molecule has 0 aliphatic carbocycles. The monoisotopic (exact) mass is 565 g/mol. The number of nitrogens with one attached hydrogen (secondary N) is 3. The van der Waals surface area contributed by atoms with Gasteiger partial charge < -0.3 is 20.7 Å². The van der Waals surface area contributed by atoms with Gasteiger partial charge in [-0.05, 0) is 70.5 Å². The molecule has 0 aliphatic rings. The lowest BCUT2D eigenvalue weighted by Crippen LogP contribution is -2.42. The fraction of sp³-hybridized carbons (Fsp3) is 0.310. The van der Waals surface area contributed by atoms with Gasteiger partial charge in [0.2, 0.25) is 0 Å². The Kier molecular flexibility index (Phi) is 8.37. The number of alkyl carbamates (subject to hydrolysis) is 1. The van der Waals surface area contributed by atoms with Gasteiger partial charge in [0.05, 0.1) is 35.0 Å². The Morgan fingerprint density at radius 2 is 1.85 bits per heavy atom. The summed E-state index contributed by atoms with van der Waals surface area (Å²) in [5, 5.41) is 23.5. The molecule has 3 N–H and O–H groups in total. The number of anilines is 3. The zero-order chi connectivity index (χ0) is 29.9. The highest BCUT2D eigenvalue weighted by molar-refractivity contribution is 5.93. The van der Waals surface area contributed by atoms with E-state index in [1.165, 1.54) is 6.07 Å². The Morgan fingerprint density at radius 3 is 2.51 bits per heavy atom. The molecule has 0 unspecified atom stereocenters. The molecule has 0 bridgehead atoms. The van der Waals surface area contributed by atoms with Crippen LogP contribution in [0.5, 0.6) is 0 Å². The fourth-order valence-corrected chi connectivity index (χ4v) is 4.29. The summed E-state index contributed by atoms with van der Waals surface area (Å²) in [7, 11) is 0. The molecule has 0 radical (unpaired) electrons. The van der Waals surface area contributed by atoms with Gasteiger partial charge in [0.1, 0.15) is 11.7 Å². The van der Waals surface area contributed by atoms with Crippen LogP contribution in [0.3, 0.4) is 0 Å². The summed E-state index contributed by atoms with van der Waals surface area (Å²) >= 11 is 0. The molecule has 4 rings (SSSR count). The number of halogens is 3. The number of aryl methyl sites for hydroxylation is 1. The van der Waals surface area contributed by atoms with E-state index in [1.54, 1.807) is 40.0 Å². The SMILES string of the molecule is CCn1ncc2c(Nc3nc(N[C@H](c4ccc(F)c(F)c4)[C@H](C)NC(=O)OC(C)(C)C)c(F)cc3C#N)cccc21. The number of nitrogens with zero attached hydrogens (tertiary/aromatic N) is 4. The molecule has 4 aromatic rings. The average molecular weight is 566 g/mol. The molecule has 1 amide bonds. The Hall–Kier alpha value is -4.79. The van der Waals surface area contributed by atoms with Gasteiger partial charge in [-0.15, -0.1) is 0 Å². The highest BCUT2D eigenvalue weighted by atomic mass is 19.2. The number of hydrogen-bond donors (Lipinski definition) is 3. The van der Waals surface area contributed by atoms with Crippen molar-refractivity contribution in [2.75, 3.05) is 10.6 Å². The first-order chi connectivity index (χ1) is 19.4. The standard InChI is InChI=1S/C29H30F3N7O2/c1-6-39-24-9-7-8-23(19(24)15-34-39)36-26-18(14-33)13-22(32)27(38-26)37-25(17-10-11-20(30)21(31)12-17)16(2)35-28(40)41-29(3,4)5/h7-13,15-16,25H,6H2,1-5H3,(H,35,40)(H2,36,37,38)/t16-,25-/m0/s1. The molecule has 2 atom stereocenters. The molecule has 0 spiro atoms. The van der Waals surface area contributed by atoms with E-state index in [0.29, 0.717) is 12.2 Å². The summed E-state index contributed by atoms with van der Waals surface area (Å²) in [6.07, 6.45) is 0.926. The topological polar surface area (TPSA) is 117 Å². The molecule has 2 aromatic heterocycles. The third-order valence-electron chi connectivity index (χ3n) is 6.18. The van der Waals surface area contributed by atoms with E-state index in [9.17, 15) is 18.8 Å². The lowest BCUT2D eigenvalue weighted by molar-refractivity contribution is 0.0503. The molecule has 12 heteroatoms. The highest BCUT2D eigenvalue weighted by Crippen LogP contribution is 2.31. The predicted octanol–water partition coefficient (Wildman–Crippen LogP) is 6.55. The van der Waals surface area contributed by atoms with Gasteiger partial charge >= 0.3 is 6.09 Å². The van der Waals surface area contributed by atoms with Gasteiger partial charge in [-0.25, -0.2) is 22.9 Å². The second-order valence-corrected chi connectivity index (χ2v) is 10.4. The maximum absolute atomic E-state index is 15.3. The molecule has 214 valence electrons. The van der Waals surface area contributed by atoms with Crippen LogP contribution in [0.1, 0.15) is 51.8 Å². The number of pyridine rings is 1. The largest absolute Gasteiger partial charge is 0.444 e. The number of carbonyl (C=O) groups excluding carboxylic acids is 1. The quantitative estimate of drug-likeness (QED) is 0.222. The normalized spacial score (nSPS) is 12.9. The van der Waals surface area contributed by atoms with Crippen molar-refractivity contribution >= 4 is 34.3 Å². The Bertz CT molecular complexity index is 1630. The number of amides is 1. The lowest BCUT2D eigenvalue weighted by atomic mass is 10.00. The molecular formula is C29H30F3N7O2. The van der Waals surface area contributed by atoms with E-state index in [0.717, 1.165) is 29.1 Å². The van der Waals surface area contributed by atoms with Crippen molar-refractivity contribution in [2.24, 2.45) is 0 Å². The smallest absolute Gasteiger partial charge is 0.407 e. The minimum Gasteiger partial charge on any atom is -0.444 e. The van der Waals surface area contributed by atoms with Crippen molar-refractivity contribution in [2.45, 2.75) is 58.8 Å². The minimum absolute atomic E-state index is 0.0581. The van der Waals surface area contributed by atoms with Crippen LogP contribution in [0.2, 0.25) is 0 Å². The highest BCUT2D eigenvalue weighted by Gasteiger charge is 2.27. The van der Waals surface area contributed by atoms with Gasteiger partial charge in [-0.2, -0.15) is 10.4 Å². The summed E-state index contributed by atoms with van der Waals surface area (Å²) in [5.41, 5.74) is 0.825. The molecule has 2 heterocycles. The number of hydrogen-bond acceptors (Lipinski definition) is 7. The van der Waals surface area contributed by atoms with E-state index >= 15 is 4.39 Å². The van der Waals surface area contributed by atoms with Crippen LogP contribution in [-0.4, -0.2) is 32.5 Å². The predicted molar refractivity (Wildman–Crippen MR) is 149 cm³/mol. The second-order valence-electron chi connectivity index (χ2n) is 10.4. The first-order valence-corrected chi connectivity index (χ1v) is 12.9. The molecule has 41 heavy (non-hydrogen) atoms. The molecule has 0 saturated carbocycles. The average Bonchev–Trinajstić information content (AvgIpc) is 3.33. The van der Waals surface area contributed by atoms with Crippen LogP contribution in [0.15, 0.2) is 48.7 Å². The Balaban J connectivity index is 1.71. The molecule has 2 aromatic carbocycles. The molecule has 9 nitrogen and oxygen atoms in total. The number of carbonyl (C=O) groups is 1. The number of nitriles is 1. The van der Waals surface area contributed by atoms with E-state index < -0.39 is 41.2 Å². The Labute approximate surface area is 235 Å². The number of aromatic nitrogens is 3. The lowest BCUT2D eigenvalue weighted by Gasteiger charge is -2.29. The number of fused-ring (bicyclic) bond motifs is 1. The maximum atomic E-state index is 15.3. The van der Waals surface area contributed by atoms with Gasteiger partial charge in [0.15, 0.2) is 29.1 Å². The molecule has 0 saturated heterocycles. The third kappa shape index (κ3) is 6.69. The van der Waals surface area contributed by atoms with Crippen molar-refractivity contribution in [1.82, 2.24) is 20.1 Å². The van der Waals surface area contributed by atoms with Crippen LogP contribution in [0.4, 0.5) is 35.3 Å². The minimum atomic E-state index is -1.12. The first-order valence-electron chi connectivity index (χ1n) is 12.9. The molecular weight excluding hydrogens is 535 g/mol. The van der Waals surface area contributed by atoms with Gasteiger partial charge in [0.25, 0.3) is 0 Å². The fourth-order valence-electron chi connectivity index (χ4n) is 4.29. The van der Waals surface area contributed by atoms with E-state index in [-0.39, 0.29) is 22.8 Å². The molecule has 0 fully saturated rings. The van der Waals surface area contributed by atoms with Crippen LogP contribution in [-0.2, 0) is 11.3 Å². The summed E-state index contributed by atoms with van der Waals surface area (Å²) in [4.78, 5) is 16.8. The van der Waals surface area contributed by atoms with Gasteiger partial charge in [-0.3, -0.25) is 4.68 Å². The summed E-state index contributed by atoms with van der Waals surface area (Å²) in [6.45, 7) is 9.29. The molecule has 0 aliphatic heterocycles. The van der Waals surface area contributed by atoms with Crippen molar-refractivity contribution in [3.8, 4) is 6.07 Å². The third-order valence-corrected chi connectivity index (χ3v) is 6.18. The van der Waals surface area contributed by atoms with Gasteiger partial charge in [0, 0.05) is 11.9 Å². The first kappa shape index (κ1) is 29.2. The Morgan fingerprint density at radius 1 is 1.10 bits per heavy atom. The van der Waals surface area contributed by atoms with Crippen molar-refractivity contribution in [3.63, 3.8) is 0 Å². The van der Waals surface area contributed by atoms with Crippen LogP contribution in [0, 0.1) is 28.8 Å². The maximum Gasteiger partial charge on any atom is 0.407 e.